The zero-order chi connectivity index (χ0) is 17.5. The number of rotatable bonds is 7. The van der Waals surface area contributed by atoms with E-state index in [0.717, 1.165) is 16.9 Å². The van der Waals surface area contributed by atoms with Crippen molar-refractivity contribution in [1.82, 2.24) is 5.32 Å². The maximum absolute atomic E-state index is 12.2. The van der Waals surface area contributed by atoms with Gasteiger partial charge in [-0.1, -0.05) is 54.1 Å². The number of nitrogens with one attached hydrogen (secondary N) is 1. The summed E-state index contributed by atoms with van der Waals surface area (Å²) in [5.74, 6) is 0.793. The Kier molecular flexibility index (Phi) is 5.88. The summed E-state index contributed by atoms with van der Waals surface area (Å²) in [5, 5.41) is 5.56. The van der Waals surface area contributed by atoms with E-state index >= 15 is 0 Å². The lowest BCUT2D eigenvalue weighted by atomic mass is 10.0. The van der Waals surface area contributed by atoms with Crippen molar-refractivity contribution in [2.45, 2.75) is 12.6 Å². The molecule has 3 rings (SSSR count). The second-order valence-electron chi connectivity index (χ2n) is 5.75. The summed E-state index contributed by atoms with van der Waals surface area (Å²) in [4.78, 5) is 12.2. The molecule has 0 saturated heterocycles. The van der Waals surface area contributed by atoms with E-state index in [1.54, 1.807) is 6.26 Å². The summed E-state index contributed by atoms with van der Waals surface area (Å²) < 4.78 is 5.55. The quantitative estimate of drug-likeness (QED) is 0.684. The highest BCUT2D eigenvalue weighted by molar-refractivity contribution is 6.30. The Bertz CT molecular complexity index is 804. The van der Waals surface area contributed by atoms with Crippen LogP contribution in [0.25, 0.3) is 0 Å². The molecule has 128 valence electrons. The minimum Gasteiger partial charge on any atom is -0.463 e. The second kappa shape index (κ2) is 8.51. The molecule has 0 aliphatic heterocycles. The molecule has 1 heterocycles. The topological polar surface area (TPSA) is 58.9 Å². The van der Waals surface area contributed by atoms with Gasteiger partial charge in [-0.25, -0.2) is 0 Å². The van der Waals surface area contributed by atoms with Crippen molar-refractivity contribution in [2.75, 3.05) is 6.54 Å². The molecule has 0 bridgehead atoms. The van der Waals surface area contributed by atoms with E-state index in [2.05, 4.69) is 5.32 Å². The molecule has 0 fully saturated rings. The van der Waals surface area contributed by atoms with Crippen LogP contribution in [-0.2, 0) is 11.3 Å². The molecule has 4 nitrogen and oxygen atoms in total. The first-order valence-corrected chi connectivity index (χ1v) is 8.53. The van der Waals surface area contributed by atoms with Gasteiger partial charge in [-0.05, 0) is 29.8 Å². The van der Waals surface area contributed by atoms with Gasteiger partial charge in [0.2, 0.25) is 0 Å². The summed E-state index contributed by atoms with van der Waals surface area (Å²) in [6.07, 6.45) is 1.65. The standard InChI is InChI=1S/C20H19ClN2O2/c21-17-9-4-6-15(12-17)13-22-19(24)14-23-20(18-10-5-11-25-18)16-7-2-1-3-8-16/h1-12,20,23H,13-14H2,(H,22,24)/p+1/t20-/m0/s1. The van der Waals surface area contributed by atoms with Crippen LogP contribution in [0.1, 0.15) is 22.9 Å². The maximum atomic E-state index is 12.2. The van der Waals surface area contributed by atoms with Gasteiger partial charge in [0.05, 0.1) is 6.26 Å². The molecule has 0 aliphatic carbocycles. The van der Waals surface area contributed by atoms with Crippen molar-refractivity contribution in [1.29, 1.82) is 0 Å². The number of carbonyl (C=O) groups is 1. The third-order valence-corrected chi connectivity index (χ3v) is 4.16. The molecule has 2 aromatic carbocycles. The van der Waals surface area contributed by atoms with Gasteiger partial charge < -0.3 is 15.1 Å². The number of amides is 1. The molecule has 1 aromatic heterocycles. The first-order valence-electron chi connectivity index (χ1n) is 8.15. The molecule has 0 saturated carbocycles. The molecular formula is C20H20ClN2O2+. The van der Waals surface area contributed by atoms with Crippen LogP contribution in [-0.4, -0.2) is 12.5 Å². The average Bonchev–Trinajstić information content (AvgIpc) is 3.15. The van der Waals surface area contributed by atoms with Gasteiger partial charge in [0.15, 0.2) is 18.3 Å². The Balaban J connectivity index is 1.58. The van der Waals surface area contributed by atoms with Crippen molar-refractivity contribution < 1.29 is 14.5 Å². The lowest BCUT2D eigenvalue weighted by Gasteiger charge is -2.14. The highest BCUT2D eigenvalue weighted by Gasteiger charge is 2.21. The SMILES string of the molecule is O=C(C[NH2+][C@@H](c1ccccc1)c1ccco1)NCc1cccc(Cl)c1. The highest BCUT2D eigenvalue weighted by atomic mass is 35.5. The summed E-state index contributed by atoms with van der Waals surface area (Å²) in [7, 11) is 0. The molecule has 25 heavy (non-hydrogen) atoms. The van der Waals surface area contributed by atoms with Crippen LogP contribution >= 0.6 is 11.6 Å². The molecule has 0 aliphatic rings. The fourth-order valence-electron chi connectivity index (χ4n) is 2.69. The average molecular weight is 356 g/mol. The predicted molar refractivity (Wildman–Crippen MR) is 97.1 cm³/mol. The highest BCUT2D eigenvalue weighted by Crippen LogP contribution is 2.18. The number of nitrogens with two attached hydrogens (primary N) is 1. The summed E-state index contributed by atoms with van der Waals surface area (Å²) in [6, 6.07) is 21.2. The molecule has 0 spiro atoms. The Hall–Kier alpha value is -2.56. The van der Waals surface area contributed by atoms with Gasteiger partial charge in [-0.2, -0.15) is 0 Å². The molecule has 1 amide bonds. The Morgan fingerprint density at radius 1 is 1.08 bits per heavy atom. The number of benzene rings is 2. The number of halogens is 1. The Morgan fingerprint density at radius 3 is 2.64 bits per heavy atom. The second-order valence-corrected chi connectivity index (χ2v) is 6.19. The molecule has 0 radical (unpaired) electrons. The molecule has 3 N–H and O–H groups in total. The largest absolute Gasteiger partial charge is 0.463 e. The van der Waals surface area contributed by atoms with E-state index in [0.29, 0.717) is 18.1 Å². The molecule has 5 heteroatoms. The Labute approximate surface area is 151 Å². The predicted octanol–water partition coefficient (Wildman–Crippen LogP) is 2.90. The van der Waals surface area contributed by atoms with Gasteiger partial charge in [0.1, 0.15) is 0 Å². The zero-order valence-electron chi connectivity index (χ0n) is 13.7. The van der Waals surface area contributed by atoms with E-state index in [-0.39, 0.29) is 11.9 Å². The number of furan rings is 1. The molecule has 3 aromatic rings. The van der Waals surface area contributed by atoms with Crippen LogP contribution in [0.3, 0.4) is 0 Å². The number of quaternary nitrogens is 1. The third kappa shape index (κ3) is 4.95. The number of hydrogen-bond acceptors (Lipinski definition) is 2. The van der Waals surface area contributed by atoms with Gasteiger partial charge in [-0.15, -0.1) is 0 Å². The van der Waals surface area contributed by atoms with Crippen molar-refractivity contribution >= 4 is 17.5 Å². The van der Waals surface area contributed by atoms with Crippen molar-refractivity contribution in [3.63, 3.8) is 0 Å². The summed E-state index contributed by atoms with van der Waals surface area (Å²) >= 11 is 5.96. The van der Waals surface area contributed by atoms with Gasteiger partial charge in [-0.3, -0.25) is 4.79 Å². The normalized spacial score (nSPS) is 11.9. The number of hydrogen-bond donors (Lipinski definition) is 2. The van der Waals surface area contributed by atoms with Crippen LogP contribution in [0.4, 0.5) is 0 Å². The van der Waals surface area contributed by atoms with Crippen molar-refractivity contribution in [3.05, 3.63) is 94.9 Å². The van der Waals surface area contributed by atoms with Crippen LogP contribution in [0, 0.1) is 0 Å². The van der Waals surface area contributed by atoms with E-state index in [1.807, 2.05) is 72.0 Å². The van der Waals surface area contributed by atoms with Crippen LogP contribution in [0.5, 0.6) is 0 Å². The number of carbonyl (C=O) groups excluding carboxylic acids is 1. The minimum atomic E-state index is -0.0480. The maximum Gasteiger partial charge on any atom is 0.275 e. The smallest absolute Gasteiger partial charge is 0.275 e. The lowest BCUT2D eigenvalue weighted by Crippen LogP contribution is -2.87. The van der Waals surface area contributed by atoms with Gasteiger partial charge in [0, 0.05) is 17.1 Å². The Morgan fingerprint density at radius 2 is 1.92 bits per heavy atom. The van der Waals surface area contributed by atoms with Crippen LogP contribution < -0.4 is 10.6 Å². The van der Waals surface area contributed by atoms with Crippen molar-refractivity contribution in [2.24, 2.45) is 0 Å². The lowest BCUT2D eigenvalue weighted by molar-refractivity contribution is -0.678. The van der Waals surface area contributed by atoms with E-state index in [4.69, 9.17) is 16.0 Å². The fourth-order valence-corrected chi connectivity index (χ4v) is 2.90. The zero-order valence-corrected chi connectivity index (χ0v) is 14.4. The van der Waals surface area contributed by atoms with Gasteiger partial charge >= 0.3 is 0 Å². The first-order chi connectivity index (χ1) is 12.2. The molecule has 1 atom stereocenters. The van der Waals surface area contributed by atoms with Crippen molar-refractivity contribution in [3.8, 4) is 0 Å². The monoisotopic (exact) mass is 355 g/mol. The third-order valence-electron chi connectivity index (χ3n) is 3.93. The van der Waals surface area contributed by atoms with E-state index in [9.17, 15) is 4.79 Å². The molecular weight excluding hydrogens is 336 g/mol. The fraction of sp³-hybridized carbons (Fsp3) is 0.150. The minimum absolute atomic E-state index is 0.0348. The summed E-state index contributed by atoms with van der Waals surface area (Å²) in [5.41, 5.74) is 2.08. The van der Waals surface area contributed by atoms with Gasteiger partial charge in [0.25, 0.3) is 5.91 Å². The first kappa shape index (κ1) is 17.3. The summed E-state index contributed by atoms with van der Waals surface area (Å²) in [6.45, 7) is 0.769. The van der Waals surface area contributed by atoms with Crippen LogP contribution in [0.2, 0.25) is 5.02 Å². The van der Waals surface area contributed by atoms with E-state index < -0.39 is 0 Å². The van der Waals surface area contributed by atoms with E-state index in [1.165, 1.54) is 0 Å². The van der Waals surface area contributed by atoms with Crippen LogP contribution in [0.15, 0.2) is 77.4 Å². The molecule has 0 unspecified atom stereocenters.